The standard InChI is InChI=1S/C2H3ClFO2/c1-2(3,4)6-5/h1H3. The molecule has 0 heterocycles. The summed E-state index contributed by atoms with van der Waals surface area (Å²) in [5.41, 5.74) is 0. The Balaban J connectivity index is 3.17. The van der Waals surface area contributed by atoms with Crippen LogP contribution in [0.15, 0.2) is 0 Å². The minimum atomic E-state index is -2.54. The summed E-state index contributed by atoms with van der Waals surface area (Å²) in [6.45, 7) is 0.807. The fraction of sp³-hybridized carbons (Fsp3) is 1.00. The van der Waals surface area contributed by atoms with Crippen molar-refractivity contribution in [3.8, 4) is 0 Å². The molecular formula is C2H3ClFO2. The Morgan fingerprint density at radius 2 is 2.17 bits per heavy atom. The van der Waals surface area contributed by atoms with Crippen LogP contribution in [-0.4, -0.2) is 5.31 Å². The molecule has 0 aliphatic carbocycles. The molecule has 1 unspecified atom stereocenters. The molecule has 0 rings (SSSR count). The van der Waals surface area contributed by atoms with Crippen molar-refractivity contribution in [2.75, 3.05) is 0 Å². The van der Waals surface area contributed by atoms with Crippen LogP contribution >= 0.6 is 11.6 Å². The van der Waals surface area contributed by atoms with Crippen LogP contribution in [0.2, 0.25) is 0 Å². The summed E-state index contributed by atoms with van der Waals surface area (Å²) in [6.07, 6.45) is 0. The molecule has 0 saturated heterocycles. The first-order valence-electron chi connectivity index (χ1n) is 1.25. The minimum absolute atomic E-state index is 0.807. The van der Waals surface area contributed by atoms with Crippen molar-refractivity contribution in [3.05, 3.63) is 0 Å². The molecule has 1 atom stereocenters. The Labute approximate surface area is 39.4 Å². The van der Waals surface area contributed by atoms with E-state index in [0.29, 0.717) is 0 Å². The van der Waals surface area contributed by atoms with E-state index in [4.69, 9.17) is 5.26 Å². The van der Waals surface area contributed by atoms with Crippen molar-refractivity contribution in [1.82, 2.24) is 0 Å². The minimum Gasteiger partial charge on any atom is -0.191 e. The highest BCUT2D eigenvalue weighted by Crippen LogP contribution is 2.14. The van der Waals surface area contributed by atoms with Gasteiger partial charge in [-0.2, -0.15) is 4.39 Å². The van der Waals surface area contributed by atoms with E-state index in [0.717, 1.165) is 6.92 Å². The van der Waals surface area contributed by atoms with E-state index < -0.39 is 5.31 Å². The van der Waals surface area contributed by atoms with Crippen LogP contribution in [-0.2, 0) is 10.1 Å². The molecule has 0 fully saturated rings. The van der Waals surface area contributed by atoms with Crippen LogP contribution in [0, 0.1) is 0 Å². The summed E-state index contributed by atoms with van der Waals surface area (Å²) in [4.78, 5) is 2.79. The van der Waals surface area contributed by atoms with Crippen LogP contribution in [0.25, 0.3) is 0 Å². The van der Waals surface area contributed by atoms with E-state index in [-0.39, 0.29) is 0 Å². The van der Waals surface area contributed by atoms with Crippen molar-refractivity contribution in [1.29, 1.82) is 0 Å². The van der Waals surface area contributed by atoms with E-state index in [1.54, 1.807) is 0 Å². The molecule has 0 spiro atoms. The predicted molar refractivity (Wildman–Crippen MR) is 17.1 cm³/mol. The number of rotatable bonds is 1. The normalized spacial score (nSPS) is 20.0. The van der Waals surface area contributed by atoms with Gasteiger partial charge in [-0.1, -0.05) is 0 Å². The fourth-order valence-corrected chi connectivity index (χ4v) is 0. The van der Waals surface area contributed by atoms with Gasteiger partial charge >= 0.3 is 5.31 Å². The van der Waals surface area contributed by atoms with Crippen molar-refractivity contribution < 1.29 is 14.5 Å². The van der Waals surface area contributed by atoms with Gasteiger partial charge in [0.1, 0.15) is 0 Å². The summed E-state index contributed by atoms with van der Waals surface area (Å²) in [5, 5.41) is 6.40. The van der Waals surface area contributed by atoms with Crippen LogP contribution in [0.4, 0.5) is 4.39 Å². The Hall–Kier alpha value is 0.140. The van der Waals surface area contributed by atoms with Crippen molar-refractivity contribution in [2.24, 2.45) is 0 Å². The molecule has 2 nitrogen and oxygen atoms in total. The molecule has 0 aliphatic heterocycles. The summed E-state index contributed by atoms with van der Waals surface area (Å²) < 4.78 is 11.3. The quantitative estimate of drug-likeness (QED) is 0.286. The lowest BCUT2D eigenvalue weighted by atomic mass is 10.8. The zero-order chi connectivity index (χ0) is 5.21. The Morgan fingerprint density at radius 3 is 2.17 bits per heavy atom. The Kier molecular flexibility index (Phi) is 1.77. The molecule has 0 amide bonds. The zero-order valence-corrected chi connectivity index (χ0v) is 3.83. The lowest BCUT2D eigenvalue weighted by Crippen LogP contribution is -2.08. The average molecular weight is 113 g/mol. The maximum Gasteiger partial charge on any atom is 0.314 e. The van der Waals surface area contributed by atoms with Gasteiger partial charge in [0.05, 0.1) is 0 Å². The maximum atomic E-state index is 11.3. The third kappa shape index (κ3) is 4.14. The molecule has 0 aromatic rings. The summed E-state index contributed by atoms with van der Waals surface area (Å²) in [5.74, 6) is 0. The van der Waals surface area contributed by atoms with Crippen LogP contribution in [0.5, 0.6) is 0 Å². The first-order chi connectivity index (χ1) is 2.56. The molecule has 0 N–H and O–H groups in total. The zero-order valence-electron chi connectivity index (χ0n) is 3.07. The maximum absolute atomic E-state index is 11.3. The van der Waals surface area contributed by atoms with E-state index in [1.165, 1.54) is 0 Å². The van der Waals surface area contributed by atoms with E-state index in [1.807, 2.05) is 0 Å². The van der Waals surface area contributed by atoms with Gasteiger partial charge in [0.2, 0.25) is 0 Å². The largest absolute Gasteiger partial charge is 0.314 e. The lowest BCUT2D eigenvalue weighted by Gasteiger charge is -1.99. The summed E-state index contributed by atoms with van der Waals surface area (Å²) in [7, 11) is 0. The van der Waals surface area contributed by atoms with Crippen molar-refractivity contribution in [3.63, 3.8) is 0 Å². The van der Waals surface area contributed by atoms with Gasteiger partial charge in [-0.3, -0.25) is 0 Å². The monoisotopic (exact) mass is 113 g/mol. The highest BCUT2D eigenvalue weighted by atomic mass is 35.5. The Bertz CT molecular complexity index is 41.3. The highest BCUT2D eigenvalue weighted by Gasteiger charge is 2.18. The van der Waals surface area contributed by atoms with E-state index >= 15 is 0 Å². The summed E-state index contributed by atoms with van der Waals surface area (Å²) in [6, 6.07) is 0. The van der Waals surface area contributed by atoms with Gasteiger partial charge in [0, 0.05) is 6.92 Å². The van der Waals surface area contributed by atoms with Gasteiger partial charge in [-0.25, -0.2) is 0 Å². The first kappa shape index (κ1) is 6.14. The molecule has 1 radical (unpaired) electrons. The van der Waals surface area contributed by atoms with Gasteiger partial charge in [-0.05, 0) is 16.9 Å². The van der Waals surface area contributed by atoms with Gasteiger partial charge in [0.25, 0.3) is 0 Å². The molecule has 4 heteroatoms. The number of hydrogen-bond donors (Lipinski definition) is 0. The SMILES string of the molecule is CC(F)(Cl)O[O]. The fourth-order valence-electron chi connectivity index (χ4n) is 0. The molecule has 6 heavy (non-hydrogen) atoms. The highest BCUT2D eigenvalue weighted by molar-refractivity contribution is 6.21. The second-order valence-electron chi connectivity index (χ2n) is 0.891. The number of halogens is 2. The molecule has 0 aromatic carbocycles. The van der Waals surface area contributed by atoms with E-state index in [2.05, 4.69) is 16.5 Å². The first-order valence-corrected chi connectivity index (χ1v) is 1.63. The van der Waals surface area contributed by atoms with Crippen molar-refractivity contribution in [2.45, 2.75) is 12.2 Å². The molecule has 37 valence electrons. The second kappa shape index (κ2) is 1.73. The van der Waals surface area contributed by atoms with Crippen LogP contribution in [0.3, 0.4) is 0 Å². The van der Waals surface area contributed by atoms with Crippen molar-refractivity contribution >= 4 is 11.6 Å². The lowest BCUT2D eigenvalue weighted by molar-refractivity contribution is -0.375. The molecule has 0 saturated carbocycles. The third-order valence-corrected chi connectivity index (χ3v) is 0.209. The molecule has 0 aliphatic rings. The van der Waals surface area contributed by atoms with E-state index in [9.17, 15) is 4.39 Å². The predicted octanol–water partition coefficient (Wildman–Crippen LogP) is 1.23. The van der Waals surface area contributed by atoms with Gasteiger partial charge in [0.15, 0.2) is 0 Å². The number of hydrogen-bond acceptors (Lipinski definition) is 1. The average Bonchev–Trinajstić information content (AvgIpc) is 1.35. The molecule has 0 bridgehead atoms. The Morgan fingerprint density at radius 1 is 2.00 bits per heavy atom. The van der Waals surface area contributed by atoms with Gasteiger partial charge in [-0.15, -0.1) is 4.89 Å². The smallest absolute Gasteiger partial charge is 0.191 e. The molecular weight excluding hydrogens is 110 g/mol. The summed E-state index contributed by atoms with van der Waals surface area (Å²) >= 11 is 4.52. The number of alkyl halides is 2. The van der Waals surface area contributed by atoms with Crippen LogP contribution < -0.4 is 0 Å². The second-order valence-corrected chi connectivity index (χ2v) is 1.57. The van der Waals surface area contributed by atoms with Crippen LogP contribution in [0.1, 0.15) is 6.92 Å². The topological polar surface area (TPSA) is 29.1 Å². The third-order valence-electron chi connectivity index (χ3n) is 0.146. The molecule has 0 aromatic heterocycles. The van der Waals surface area contributed by atoms with Gasteiger partial charge < -0.3 is 0 Å².